The standard InChI is InChI=1S/2C7H6N2.4C6H5N3.6C2H6/c2*1-2-6-9-7(3-1)4-5-8-9;2*1-2-6-3-5-8-9(6)7-4-1;2*1-2-6-7-4-5-9(6)8-3-1;6*1-2/h2*1-6H;4*1-5H;6*1-2H3. The van der Waals surface area contributed by atoms with Gasteiger partial charge in [0.05, 0.1) is 34.5 Å². The summed E-state index contributed by atoms with van der Waals surface area (Å²) >= 11 is 0. The summed E-state index contributed by atoms with van der Waals surface area (Å²) in [5, 5.41) is 31.8. The van der Waals surface area contributed by atoms with Crippen LogP contribution in [0.25, 0.3) is 33.4 Å². The second-order valence-electron chi connectivity index (χ2n) is 10.8. The van der Waals surface area contributed by atoms with Gasteiger partial charge in [0.25, 0.3) is 0 Å². The second kappa shape index (κ2) is 36.4. The number of nitrogens with zero attached hydrogens (tertiary/aromatic N) is 16. The van der Waals surface area contributed by atoms with E-state index in [1.807, 2.05) is 226 Å². The van der Waals surface area contributed by atoms with Crippen molar-refractivity contribution < 1.29 is 0 Å². The highest BCUT2D eigenvalue weighted by molar-refractivity contribution is 5.45. The van der Waals surface area contributed by atoms with Gasteiger partial charge in [-0.1, -0.05) is 95.2 Å². The van der Waals surface area contributed by atoms with Gasteiger partial charge in [-0.05, 0) is 97.1 Å². The molecule has 66 heavy (non-hydrogen) atoms. The maximum Gasteiger partial charge on any atom is 0.153 e. The summed E-state index contributed by atoms with van der Waals surface area (Å²) in [6, 6.07) is 35.0. The minimum atomic E-state index is 0.887. The van der Waals surface area contributed by atoms with E-state index in [0.29, 0.717) is 0 Å². The third-order valence-electron chi connectivity index (χ3n) is 7.32. The average Bonchev–Trinajstić information content (AvgIpc) is 4.29. The van der Waals surface area contributed by atoms with Crippen LogP contribution >= 0.6 is 0 Å². The lowest BCUT2D eigenvalue weighted by Gasteiger charge is -1.86. The average molecular weight is 893 g/mol. The highest BCUT2D eigenvalue weighted by Crippen LogP contribution is 2.00. The first-order valence-corrected chi connectivity index (χ1v) is 22.6. The van der Waals surface area contributed by atoms with E-state index in [0.717, 1.165) is 33.4 Å². The lowest BCUT2D eigenvalue weighted by atomic mass is 10.4. The molecule has 12 rings (SSSR count). The fourth-order valence-corrected chi connectivity index (χ4v) is 4.80. The first-order valence-electron chi connectivity index (χ1n) is 22.6. The topological polar surface area (TPSA) is 155 Å². The van der Waals surface area contributed by atoms with Crippen LogP contribution in [0, 0.1) is 0 Å². The van der Waals surface area contributed by atoms with E-state index in [2.05, 4.69) is 50.8 Å². The first-order chi connectivity index (χ1) is 32.8. The summed E-state index contributed by atoms with van der Waals surface area (Å²) in [6.45, 7) is 24.0. The Morgan fingerprint density at radius 2 is 0.545 bits per heavy atom. The molecule has 0 unspecified atom stereocenters. The molecule has 0 saturated carbocycles. The molecule has 0 aliphatic carbocycles. The van der Waals surface area contributed by atoms with Crippen molar-refractivity contribution in [1.82, 2.24) is 78.1 Å². The molecule has 0 radical (unpaired) electrons. The molecule has 16 nitrogen and oxygen atoms in total. The zero-order valence-corrected chi connectivity index (χ0v) is 40.6. The lowest BCUT2D eigenvalue weighted by Crippen LogP contribution is -1.89. The van der Waals surface area contributed by atoms with Gasteiger partial charge in [0.15, 0.2) is 11.3 Å². The molecule has 12 aromatic heterocycles. The summed E-state index contributed by atoms with van der Waals surface area (Å²) in [4.78, 5) is 8.04. The minimum Gasteiger partial charge on any atom is -0.241 e. The predicted octanol–water partition coefficient (Wildman–Crippen LogP) is 11.7. The third kappa shape index (κ3) is 19.1. The Balaban J connectivity index is 0.000000378. The first kappa shape index (κ1) is 55.9. The van der Waals surface area contributed by atoms with E-state index in [4.69, 9.17) is 0 Å². The van der Waals surface area contributed by atoms with Crippen molar-refractivity contribution in [2.45, 2.75) is 83.1 Å². The Kier molecular flexibility index (Phi) is 30.8. The van der Waals surface area contributed by atoms with Crippen LogP contribution in [0.4, 0.5) is 0 Å². The van der Waals surface area contributed by atoms with E-state index in [9.17, 15) is 0 Å². The lowest BCUT2D eigenvalue weighted by molar-refractivity contribution is 0.800. The molecule has 16 heteroatoms. The largest absolute Gasteiger partial charge is 0.241 e. The monoisotopic (exact) mass is 893 g/mol. The summed E-state index contributed by atoms with van der Waals surface area (Å²) in [5.74, 6) is 0. The van der Waals surface area contributed by atoms with Crippen LogP contribution in [0.2, 0.25) is 0 Å². The van der Waals surface area contributed by atoms with Gasteiger partial charge in [-0.25, -0.2) is 28.0 Å². The summed E-state index contributed by atoms with van der Waals surface area (Å²) in [5.41, 5.74) is 6.10. The van der Waals surface area contributed by atoms with E-state index < -0.39 is 0 Å². The van der Waals surface area contributed by atoms with Crippen LogP contribution in [0.3, 0.4) is 0 Å². The number of aromatic nitrogens is 16. The van der Waals surface area contributed by atoms with Crippen LogP contribution in [-0.2, 0) is 0 Å². The molecule has 0 aliphatic heterocycles. The molecule has 0 amide bonds. The molecule has 0 atom stereocenters. The number of hydrogen-bond acceptors (Lipinski definition) is 10. The Labute approximate surface area is 389 Å². The molecule has 12 heterocycles. The Morgan fingerprint density at radius 1 is 0.242 bits per heavy atom. The SMILES string of the molecule is CC.CC.CC.CC.CC.CC.c1ccn2nccc2c1.c1ccn2nccc2c1.c1cnn2ccnc2c1.c1cnn2ccnc2c1.c1cnn2nccc2c1.c1cnn2nccc2c1. The van der Waals surface area contributed by atoms with E-state index in [-0.39, 0.29) is 0 Å². The Bertz CT molecular complexity index is 2210. The van der Waals surface area contributed by atoms with Gasteiger partial charge in [0, 0.05) is 74.4 Å². The zero-order chi connectivity index (χ0) is 48.6. The molecule has 0 aromatic carbocycles. The quantitative estimate of drug-likeness (QED) is 0.144. The smallest absolute Gasteiger partial charge is 0.153 e. The molecule has 0 saturated heterocycles. The van der Waals surface area contributed by atoms with Crippen LogP contribution < -0.4 is 0 Å². The van der Waals surface area contributed by atoms with Crippen molar-refractivity contribution >= 4 is 33.4 Å². The van der Waals surface area contributed by atoms with Crippen molar-refractivity contribution in [2.75, 3.05) is 0 Å². The van der Waals surface area contributed by atoms with Crippen LogP contribution in [0.5, 0.6) is 0 Å². The number of hydrogen-bond donors (Lipinski definition) is 0. The van der Waals surface area contributed by atoms with Gasteiger partial charge in [0.1, 0.15) is 0 Å². The van der Waals surface area contributed by atoms with Crippen molar-refractivity contribution in [1.29, 1.82) is 0 Å². The maximum atomic E-state index is 4.04. The highest BCUT2D eigenvalue weighted by Gasteiger charge is 1.90. The van der Waals surface area contributed by atoms with Crippen LogP contribution in [0.1, 0.15) is 83.1 Å². The van der Waals surface area contributed by atoms with Crippen molar-refractivity contribution in [3.8, 4) is 0 Å². The molecule has 0 spiro atoms. The van der Waals surface area contributed by atoms with E-state index >= 15 is 0 Å². The van der Waals surface area contributed by atoms with Gasteiger partial charge >= 0.3 is 0 Å². The third-order valence-corrected chi connectivity index (χ3v) is 7.32. The van der Waals surface area contributed by atoms with Gasteiger partial charge in [0.2, 0.25) is 0 Å². The molecule has 12 aromatic rings. The van der Waals surface area contributed by atoms with Crippen molar-refractivity contribution in [3.05, 3.63) is 196 Å². The molecule has 0 aliphatic rings. The summed E-state index contributed by atoms with van der Waals surface area (Å²) < 4.78 is 10.3. The number of rotatable bonds is 0. The molecule has 0 bridgehead atoms. The van der Waals surface area contributed by atoms with Gasteiger partial charge in [-0.2, -0.15) is 50.0 Å². The fraction of sp³-hybridized carbons (Fsp3) is 0.240. The molecular formula is C50H68N16. The van der Waals surface area contributed by atoms with E-state index in [1.54, 1.807) is 80.3 Å². The molecular weight excluding hydrogens is 825 g/mol. The van der Waals surface area contributed by atoms with Gasteiger partial charge in [-0.15, -0.1) is 0 Å². The van der Waals surface area contributed by atoms with Gasteiger partial charge in [-0.3, -0.25) is 0 Å². The predicted molar refractivity (Wildman–Crippen MR) is 270 cm³/mol. The fourth-order valence-electron chi connectivity index (χ4n) is 4.80. The normalized spacial score (nSPS) is 8.91. The van der Waals surface area contributed by atoms with Crippen molar-refractivity contribution in [3.63, 3.8) is 0 Å². The van der Waals surface area contributed by atoms with Crippen molar-refractivity contribution in [2.24, 2.45) is 0 Å². The Hall–Kier alpha value is -8.14. The minimum absolute atomic E-state index is 0.887. The van der Waals surface area contributed by atoms with Crippen LogP contribution in [-0.4, -0.2) is 78.1 Å². The molecule has 0 fully saturated rings. The molecule has 348 valence electrons. The highest BCUT2D eigenvalue weighted by atomic mass is 15.4. The number of fused-ring (bicyclic) bond motifs is 6. The summed E-state index contributed by atoms with van der Waals surface area (Å²) in [7, 11) is 0. The van der Waals surface area contributed by atoms with Gasteiger partial charge < -0.3 is 0 Å². The zero-order valence-electron chi connectivity index (χ0n) is 40.6. The summed E-state index contributed by atoms with van der Waals surface area (Å²) in [6.07, 6.45) is 24.8. The number of pyridine rings is 2. The number of imidazole rings is 2. The second-order valence-corrected chi connectivity index (χ2v) is 10.8. The Morgan fingerprint density at radius 3 is 0.909 bits per heavy atom. The van der Waals surface area contributed by atoms with Crippen LogP contribution in [0.15, 0.2) is 196 Å². The van der Waals surface area contributed by atoms with E-state index in [1.165, 1.54) is 0 Å². The molecule has 0 N–H and O–H groups in total. The maximum absolute atomic E-state index is 4.04.